The summed E-state index contributed by atoms with van der Waals surface area (Å²) in [5.74, 6) is -0.954. The Labute approximate surface area is 251 Å². The molecule has 4 aromatic rings. The Morgan fingerprint density at radius 1 is 1.14 bits per heavy atom. The van der Waals surface area contributed by atoms with Crippen molar-refractivity contribution in [3.05, 3.63) is 53.9 Å². The van der Waals surface area contributed by atoms with Gasteiger partial charge in [-0.3, -0.25) is 9.48 Å². The summed E-state index contributed by atoms with van der Waals surface area (Å²) >= 11 is 0. The zero-order valence-corrected chi connectivity index (χ0v) is 23.8. The number of nitrogens with one attached hydrogen (secondary N) is 1. The van der Waals surface area contributed by atoms with Gasteiger partial charge in [0.2, 0.25) is 11.8 Å². The fourth-order valence-electron chi connectivity index (χ4n) is 5.50. The Balaban J connectivity index is 1.42. The minimum Gasteiger partial charge on any atom is -0.471 e. The van der Waals surface area contributed by atoms with Crippen molar-refractivity contribution in [3.8, 4) is 28.1 Å². The van der Waals surface area contributed by atoms with Gasteiger partial charge in [0.15, 0.2) is 5.65 Å². The maximum atomic E-state index is 15.5. The predicted molar refractivity (Wildman–Crippen MR) is 158 cm³/mol. The summed E-state index contributed by atoms with van der Waals surface area (Å²) in [5, 5.41) is 9.22. The van der Waals surface area contributed by atoms with Crippen LogP contribution in [-0.4, -0.2) is 110 Å². The summed E-state index contributed by atoms with van der Waals surface area (Å²) in [6, 6.07) is 2.35. The minimum absolute atomic E-state index is 0.0938. The standard InChI is InChI=1S/C28H28B3F2N7O3/c1-15-7-16(26(41)37-28(29,30)31)8-19(24(15)33)20-10-35-40-12-21(27(36-25(20)40)43-18-4-6-42-14-18)17-9-34-39(11-17)23-3-5-38(2)13-22(23)32/h7-12,18,22-23H,3-6,13-14H2,1-2H3,(H,37,41)/t18-,22+,23+/m0/s1. The summed E-state index contributed by atoms with van der Waals surface area (Å²) in [7, 11) is 18.5. The second-order valence-corrected chi connectivity index (χ2v) is 11.3. The van der Waals surface area contributed by atoms with Crippen molar-refractivity contribution in [1.82, 2.24) is 34.6 Å². The smallest absolute Gasteiger partial charge is 0.249 e. The highest BCUT2D eigenvalue weighted by atomic mass is 19.1. The van der Waals surface area contributed by atoms with Crippen LogP contribution in [-0.2, 0) is 4.74 Å². The molecule has 2 aliphatic rings. The Morgan fingerprint density at radius 2 is 1.95 bits per heavy atom. The number of nitrogens with zero attached hydrogens (tertiary/aromatic N) is 6. The van der Waals surface area contributed by atoms with E-state index in [4.69, 9.17) is 38.0 Å². The number of ether oxygens (including phenoxy) is 2. The number of carbonyl (C=O) groups is 1. The molecule has 10 nitrogen and oxygen atoms in total. The molecule has 1 amide bonds. The molecular formula is C28H28B3F2N7O3. The largest absolute Gasteiger partial charge is 0.471 e. The maximum Gasteiger partial charge on any atom is 0.249 e. The van der Waals surface area contributed by atoms with Gasteiger partial charge >= 0.3 is 0 Å². The van der Waals surface area contributed by atoms with Crippen molar-refractivity contribution < 1.29 is 23.0 Å². The Morgan fingerprint density at radius 3 is 2.67 bits per heavy atom. The summed E-state index contributed by atoms with van der Waals surface area (Å²) in [6.07, 6.45) is 6.61. The molecule has 43 heavy (non-hydrogen) atoms. The molecule has 2 saturated heterocycles. The number of hydrogen-bond donors (Lipinski definition) is 1. The van der Waals surface area contributed by atoms with Crippen molar-refractivity contribution in [3.63, 3.8) is 0 Å². The van der Waals surface area contributed by atoms with Crippen LogP contribution >= 0.6 is 0 Å². The summed E-state index contributed by atoms with van der Waals surface area (Å²) in [5.41, 5.74) is 2.28. The first-order valence-electron chi connectivity index (χ1n) is 14.0. The number of fused-ring (bicyclic) bond motifs is 1. The van der Waals surface area contributed by atoms with Crippen LogP contribution in [0.2, 0.25) is 0 Å². The third-order valence-corrected chi connectivity index (χ3v) is 7.72. The van der Waals surface area contributed by atoms with Gasteiger partial charge in [-0.1, -0.05) is 5.24 Å². The zero-order chi connectivity index (χ0) is 30.5. The van der Waals surface area contributed by atoms with Crippen molar-refractivity contribution >= 4 is 35.1 Å². The second-order valence-electron chi connectivity index (χ2n) is 11.3. The minimum atomic E-state index is -1.95. The Bertz CT molecular complexity index is 1670. The lowest BCUT2D eigenvalue weighted by molar-refractivity contribution is 0.0952. The lowest BCUT2D eigenvalue weighted by Gasteiger charge is -2.32. The van der Waals surface area contributed by atoms with Gasteiger partial charge in [0, 0.05) is 54.2 Å². The van der Waals surface area contributed by atoms with Crippen LogP contribution in [0.5, 0.6) is 5.88 Å². The highest BCUT2D eigenvalue weighted by Gasteiger charge is 2.30. The number of piperidine rings is 1. The number of alkyl halides is 1. The molecule has 1 N–H and O–H groups in total. The van der Waals surface area contributed by atoms with Gasteiger partial charge in [0.05, 0.1) is 60.8 Å². The van der Waals surface area contributed by atoms with Crippen LogP contribution in [0.4, 0.5) is 8.78 Å². The Hall–Kier alpha value is -3.71. The molecule has 3 atom stereocenters. The van der Waals surface area contributed by atoms with Crippen LogP contribution < -0.4 is 10.1 Å². The topological polar surface area (TPSA) is 98.8 Å². The van der Waals surface area contributed by atoms with E-state index >= 15 is 4.39 Å². The molecule has 216 valence electrons. The highest BCUT2D eigenvalue weighted by molar-refractivity contribution is 6.60. The lowest BCUT2D eigenvalue weighted by Crippen LogP contribution is -2.50. The van der Waals surface area contributed by atoms with Gasteiger partial charge in [-0.15, -0.1) is 0 Å². The van der Waals surface area contributed by atoms with Crippen LogP contribution in [0.1, 0.15) is 34.8 Å². The number of rotatable bonds is 7. The van der Waals surface area contributed by atoms with E-state index in [9.17, 15) is 9.18 Å². The SMILES string of the molecule is [B]C([B])([B])NC(=O)c1cc(C)c(F)c(-c2cnn3cc(-c4cnn([C@@H]5CCN(C)C[C@H]5F)c4)c(O[C@H]4CCOC4)nc23)c1. The van der Waals surface area contributed by atoms with Crippen molar-refractivity contribution in [2.24, 2.45) is 0 Å². The van der Waals surface area contributed by atoms with Crippen molar-refractivity contribution in [2.45, 2.75) is 43.3 Å². The summed E-state index contributed by atoms with van der Waals surface area (Å²) < 4.78 is 45.4. The lowest BCUT2D eigenvalue weighted by atomic mass is 9.49. The first kappa shape index (κ1) is 29.4. The van der Waals surface area contributed by atoms with E-state index in [1.165, 1.54) is 29.8 Å². The molecule has 0 bridgehead atoms. The molecule has 6 radical (unpaired) electrons. The van der Waals surface area contributed by atoms with Crippen LogP contribution in [0.15, 0.2) is 36.9 Å². The quantitative estimate of drug-likeness (QED) is 0.334. The van der Waals surface area contributed by atoms with Crippen LogP contribution in [0.25, 0.3) is 27.9 Å². The van der Waals surface area contributed by atoms with Crippen molar-refractivity contribution in [1.29, 1.82) is 0 Å². The first-order chi connectivity index (χ1) is 20.5. The average molecular weight is 581 g/mol. The molecule has 0 unspecified atom stereocenters. The normalized spacial score (nSPS) is 21.3. The molecule has 3 aromatic heterocycles. The van der Waals surface area contributed by atoms with E-state index in [-0.39, 0.29) is 34.7 Å². The van der Waals surface area contributed by atoms with E-state index in [1.54, 1.807) is 23.3 Å². The third-order valence-electron chi connectivity index (χ3n) is 7.72. The average Bonchev–Trinajstić information content (AvgIpc) is 3.70. The van der Waals surface area contributed by atoms with Gasteiger partial charge in [-0.05, 0) is 38.1 Å². The highest BCUT2D eigenvalue weighted by Crippen LogP contribution is 2.36. The summed E-state index contributed by atoms with van der Waals surface area (Å²) in [4.78, 5) is 19.5. The van der Waals surface area contributed by atoms with E-state index < -0.39 is 23.1 Å². The number of aromatic nitrogens is 5. The van der Waals surface area contributed by atoms with E-state index in [2.05, 4.69) is 15.5 Å². The molecule has 2 fully saturated rings. The van der Waals surface area contributed by atoms with Gasteiger partial charge in [-0.25, -0.2) is 13.3 Å². The van der Waals surface area contributed by atoms with E-state index in [0.29, 0.717) is 54.9 Å². The second kappa shape index (κ2) is 11.4. The molecule has 2 aliphatic heterocycles. The predicted octanol–water partition coefficient (Wildman–Crippen LogP) is 1.94. The number of amides is 1. The fraction of sp³-hybridized carbons (Fsp3) is 0.429. The Kier molecular flexibility index (Phi) is 7.80. The first-order valence-corrected chi connectivity index (χ1v) is 14.0. The molecular weight excluding hydrogens is 553 g/mol. The fourth-order valence-corrected chi connectivity index (χ4v) is 5.50. The monoisotopic (exact) mass is 581 g/mol. The molecule has 15 heteroatoms. The molecule has 5 heterocycles. The number of hydrogen-bond acceptors (Lipinski definition) is 7. The number of carbonyl (C=O) groups excluding carboxylic acids is 1. The number of likely N-dealkylation sites (tertiary alicyclic amines) is 1. The van der Waals surface area contributed by atoms with Gasteiger partial charge in [-0.2, -0.15) is 15.2 Å². The molecule has 0 saturated carbocycles. The molecule has 6 rings (SSSR count). The molecule has 0 spiro atoms. The van der Waals surface area contributed by atoms with Crippen molar-refractivity contribution in [2.75, 3.05) is 33.4 Å². The number of benzene rings is 1. The van der Waals surface area contributed by atoms with Gasteiger partial charge < -0.3 is 19.7 Å². The third kappa shape index (κ3) is 6.05. The van der Waals surface area contributed by atoms with Gasteiger partial charge in [0.25, 0.3) is 0 Å². The maximum absolute atomic E-state index is 15.5. The zero-order valence-electron chi connectivity index (χ0n) is 23.8. The van der Waals surface area contributed by atoms with Crippen LogP contribution in [0.3, 0.4) is 0 Å². The van der Waals surface area contributed by atoms with Gasteiger partial charge in [0.1, 0.15) is 18.1 Å². The molecule has 0 aliphatic carbocycles. The molecule has 1 aromatic carbocycles. The number of halogens is 2. The van der Waals surface area contributed by atoms with Crippen LogP contribution in [0, 0.1) is 12.7 Å². The van der Waals surface area contributed by atoms with E-state index in [1.807, 2.05) is 11.9 Å². The van der Waals surface area contributed by atoms with E-state index in [0.717, 1.165) is 6.54 Å². The number of aryl methyl sites for hydroxylation is 1. The summed E-state index contributed by atoms with van der Waals surface area (Å²) in [6.45, 7) is 3.59.